The second kappa shape index (κ2) is 6.78. The van der Waals surface area contributed by atoms with Crippen LogP contribution in [0.4, 0.5) is 21.5 Å². The molecule has 2 aliphatic heterocycles. The van der Waals surface area contributed by atoms with Gasteiger partial charge >= 0.3 is 0 Å². The van der Waals surface area contributed by atoms with Crippen molar-refractivity contribution in [2.75, 3.05) is 28.6 Å². The number of carbonyl (C=O) groups is 2. The number of halogens is 1. The Kier molecular flexibility index (Phi) is 4.32. The first-order valence-corrected chi connectivity index (χ1v) is 8.85. The minimum atomic E-state index is -0.627. The summed E-state index contributed by atoms with van der Waals surface area (Å²) < 4.78 is 13.4. The van der Waals surface area contributed by atoms with Crippen LogP contribution in [0.2, 0.25) is 0 Å². The van der Waals surface area contributed by atoms with Gasteiger partial charge in [-0.05, 0) is 54.8 Å². The molecule has 2 amide bonds. The largest absolute Gasteiger partial charge is 0.372 e. The summed E-state index contributed by atoms with van der Waals surface area (Å²) in [6.07, 6.45) is 2.47. The van der Waals surface area contributed by atoms with Crippen LogP contribution in [0.5, 0.6) is 0 Å². The van der Waals surface area contributed by atoms with Crippen molar-refractivity contribution in [1.29, 1.82) is 0 Å². The predicted octanol–water partition coefficient (Wildman–Crippen LogP) is 3.49. The van der Waals surface area contributed by atoms with Gasteiger partial charge in [0.25, 0.3) is 0 Å². The molecular formula is C20H20FN3O2. The molecule has 0 bridgehead atoms. The molecule has 0 spiro atoms. The summed E-state index contributed by atoms with van der Waals surface area (Å²) in [5.41, 5.74) is 2.84. The molecule has 134 valence electrons. The van der Waals surface area contributed by atoms with E-state index >= 15 is 0 Å². The highest BCUT2D eigenvalue weighted by Crippen LogP contribution is 2.33. The Morgan fingerprint density at radius 3 is 2.58 bits per heavy atom. The molecule has 2 aliphatic rings. The van der Waals surface area contributed by atoms with Gasteiger partial charge in [-0.25, -0.2) is 4.39 Å². The van der Waals surface area contributed by atoms with Crippen LogP contribution < -0.4 is 15.5 Å². The first kappa shape index (κ1) is 16.6. The molecule has 26 heavy (non-hydrogen) atoms. The van der Waals surface area contributed by atoms with Crippen LogP contribution in [0.25, 0.3) is 0 Å². The maximum absolute atomic E-state index is 13.4. The number of anilines is 3. The summed E-state index contributed by atoms with van der Waals surface area (Å²) in [5.74, 6) is -1.62. The number of hydrogen-bond donors (Lipinski definition) is 2. The van der Waals surface area contributed by atoms with Crippen LogP contribution in [0.1, 0.15) is 30.7 Å². The molecule has 0 unspecified atom stereocenters. The van der Waals surface area contributed by atoms with Crippen molar-refractivity contribution in [1.82, 2.24) is 0 Å². The van der Waals surface area contributed by atoms with Crippen molar-refractivity contribution in [3.05, 3.63) is 53.8 Å². The van der Waals surface area contributed by atoms with E-state index in [4.69, 9.17) is 0 Å². The van der Waals surface area contributed by atoms with E-state index in [2.05, 4.69) is 15.5 Å². The summed E-state index contributed by atoms with van der Waals surface area (Å²) in [6.45, 7) is 2.13. The van der Waals surface area contributed by atoms with E-state index in [1.807, 2.05) is 24.3 Å². The molecule has 6 heteroatoms. The lowest BCUT2D eigenvalue weighted by atomic mass is 9.89. The van der Waals surface area contributed by atoms with Gasteiger partial charge in [0, 0.05) is 36.6 Å². The maximum Gasteiger partial charge on any atom is 0.232 e. The normalized spacial score (nSPS) is 19.0. The van der Waals surface area contributed by atoms with E-state index < -0.39 is 11.7 Å². The molecular weight excluding hydrogens is 333 g/mol. The average Bonchev–Trinajstić information content (AvgIpc) is 3.16. The summed E-state index contributed by atoms with van der Waals surface area (Å²) in [7, 11) is 0. The minimum absolute atomic E-state index is 0.0519. The van der Waals surface area contributed by atoms with Crippen molar-refractivity contribution < 1.29 is 14.0 Å². The molecule has 2 aromatic rings. The zero-order valence-electron chi connectivity index (χ0n) is 14.3. The molecule has 2 N–H and O–H groups in total. The van der Waals surface area contributed by atoms with Gasteiger partial charge in [0.2, 0.25) is 11.8 Å². The minimum Gasteiger partial charge on any atom is -0.372 e. The first-order valence-electron chi connectivity index (χ1n) is 8.85. The zero-order valence-corrected chi connectivity index (χ0v) is 14.3. The number of nitrogens with one attached hydrogen (secondary N) is 2. The first-order chi connectivity index (χ1) is 12.6. The molecule has 0 radical (unpaired) electrons. The highest BCUT2D eigenvalue weighted by Gasteiger charge is 2.31. The van der Waals surface area contributed by atoms with E-state index in [1.54, 1.807) is 6.07 Å². The van der Waals surface area contributed by atoms with Crippen LogP contribution in [-0.4, -0.2) is 24.9 Å². The molecule has 1 saturated heterocycles. The van der Waals surface area contributed by atoms with Gasteiger partial charge in [0.15, 0.2) is 0 Å². The van der Waals surface area contributed by atoms with E-state index in [0.717, 1.165) is 18.8 Å². The molecule has 5 nitrogen and oxygen atoms in total. The SMILES string of the molecule is O=C1C[C@H](C(=O)Nc2ccc(N3CCCC3)cc2)c2ccc(F)cc2N1. The third kappa shape index (κ3) is 3.27. The van der Waals surface area contributed by atoms with E-state index in [0.29, 0.717) is 16.9 Å². The lowest BCUT2D eigenvalue weighted by Gasteiger charge is -2.25. The number of rotatable bonds is 3. The highest BCUT2D eigenvalue weighted by atomic mass is 19.1. The number of hydrogen-bond acceptors (Lipinski definition) is 3. The summed E-state index contributed by atoms with van der Waals surface area (Å²) in [6, 6.07) is 11.9. The quantitative estimate of drug-likeness (QED) is 0.888. The van der Waals surface area contributed by atoms with Crippen LogP contribution in [0.15, 0.2) is 42.5 Å². The molecule has 1 fully saturated rings. The monoisotopic (exact) mass is 353 g/mol. The molecule has 1 atom stereocenters. The van der Waals surface area contributed by atoms with Gasteiger partial charge in [-0.1, -0.05) is 6.07 Å². The van der Waals surface area contributed by atoms with Gasteiger partial charge in [-0.15, -0.1) is 0 Å². The number of fused-ring (bicyclic) bond motifs is 1. The lowest BCUT2D eigenvalue weighted by molar-refractivity contribution is -0.123. The Morgan fingerprint density at radius 2 is 1.85 bits per heavy atom. The highest BCUT2D eigenvalue weighted by molar-refractivity contribution is 6.05. The fraction of sp³-hybridized carbons (Fsp3) is 0.300. The average molecular weight is 353 g/mol. The molecule has 0 aromatic heterocycles. The third-order valence-corrected chi connectivity index (χ3v) is 4.98. The van der Waals surface area contributed by atoms with E-state index in [-0.39, 0.29) is 18.2 Å². The predicted molar refractivity (Wildman–Crippen MR) is 98.9 cm³/mol. The third-order valence-electron chi connectivity index (χ3n) is 4.98. The van der Waals surface area contributed by atoms with Crippen LogP contribution in [0, 0.1) is 5.82 Å². The summed E-state index contributed by atoms with van der Waals surface area (Å²) in [4.78, 5) is 26.9. The van der Waals surface area contributed by atoms with Crippen molar-refractivity contribution in [3.8, 4) is 0 Å². The van der Waals surface area contributed by atoms with Crippen molar-refractivity contribution in [3.63, 3.8) is 0 Å². The molecule has 4 rings (SSSR count). The maximum atomic E-state index is 13.4. The van der Waals surface area contributed by atoms with Crippen molar-refractivity contribution in [2.24, 2.45) is 0 Å². The zero-order chi connectivity index (χ0) is 18.1. The summed E-state index contributed by atoms with van der Waals surface area (Å²) >= 11 is 0. The molecule has 2 aromatic carbocycles. The Morgan fingerprint density at radius 1 is 1.12 bits per heavy atom. The van der Waals surface area contributed by atoms with Crippen molar-refractivity contribution in [2.45, 2.75) is 25.2 Å². The van der Waals surface area contributed by atoms with E-state index in [9.17, 15) is 14.0 Å². The fourth-order valence-corrected chi connectivity index (χ4v) is 3.63. The number of benzene rings is 2. The molecule has 0 saturated carbocycles. The Labute approximate surface area is 151 Å². The van der Waals surface area contributed by atoms with Crippen LogP contribution >= 0.6 is 0 Å². The summed E-state index contributed by atoms with van der Waals surface area (Å²) in [5, 5.41) is 5.50. The fourth-order valence-electron chi connectivity index (χ4n) is 3.63. The van der Waals surface area contributed by atoms with Gasteiger partial charge in [-0.2, -0.15) is 0 Å². The van der Waals surface area contributed by atoms with E-state index in [1.165, 1.54) is 25.0 Å². The number of nitrogens with zero attached hydrogens (tertiary/aromatic N) is 1. The van der Waals surface area contributed by atoms with Gasteiger partial charge in [0.05, 0.1) is 5.92 Å². The van der Waals surface area contributed by atoms with Crippen molar-refractivity contribution >= 4 is 28.9 Å². The Balaban J connectivity index is 1.50. The van der Waals surface area contributed by atoms with Crippen LogP contribution in [-0.2, 0) is 9.59 Å². The Bertz CT molecular complexity index is 845. The van der Waals surface area contributed by atoms with Gasteiger partial charge in [0.1, 0.15) is 5.82 Å². The molecule has 0 aliphatic carbocycles. The number of amides is 2. The second-order valence-electron chi connectivity index (χ2n) is 6.77. The standard InChI is InChI=1S/C20H20FN3O2/c21-13-3-8-16-17(12-19(25)23-18(16)11-13)20(26)22-14-4-6-15(7-5-14)24-9-1-2-10-24/h3-8,11,17H,1-2,9-10,12H2,(H,22,26)(H,23,25)/t17-/m0/s1. The van der Waals surface area contributed by atoms with Gasteiger partial charge < -0.3 is 15.5 Å². The van der Waals surface area contributed by atoms with Crippen LogP contribution in [0.3, 0.4) is 0 Å². The smallest absolute Gasteiger partial charge is 0.232 e. The topological polar surface area (TPSA) is 61.4 Å². The number of carbonyl (C=O) groups excluding carboxylic acids is 2. The molecule has 2 heterocycles. The van der Waals surface area contributed by atoms with Gasteiger partial charge in [-0.3, -0.25) is 9.59 Å². The lowest BCUT2D eigenvalue weighted by Crippen LogP contribution is -2.30. The Hall–Kier alpha value is -2.89. The second-order valence-corrected chi connectivity index (χ2v) is 6.77.